The zero-order chi connectivity index (χ0) is 20.5. The highest BCUT2D eigenvalue weighted by Gasteiger charge is 2.33. The number of alkyl halides is 3. The molecule has 1 heterocycles. The molecule has 1 aromatic heterocycles. The smallest absolute Gasteiger partial charge is 0.393 e. The van der Waals surface area contributed by atoms with Crippen LogP contribution in [0.25, 0.3) is 0 Å². The Morgan fingerprint density at radius 1 is 0.929 bits per heavy atom. The average molecular weight is 416 g/mol. The molecular formula is C17H11ClF5N5. The fourth-order valence-electron chi connectivity index (χ4n) is 2.27. The van der Waals surface area contributed by atoms with Gasteiger partial charge in [-0.05, 0) is 30.3 Å². The summed E-state index contributed by atoms with van der Waals surface area (Å²) in [6, 6.07) is 6.05. The summed E-state index contributed by atoms with van der Waals surface area (Å²) in [6.45, 7) is 0. The number of rotatable bonds is 4. The Kier molecular flexibility index (Phi) is 5.23. The molecule has 0 atom stereocenters. The number of nitrogen functional groups attached to an aromatic ring is 1. The monoisotopic (exact) mass is 415 g/mol. The predicted molar refractivity (Wildman–Crippen MR) is 95.8 cm³/mol. The lowest BCUT2D eigenvalue weighted by atomic mass is 10.2. The minimum Gasteiger partial charge on any atom is -0.393 e. The number of halogens is 6. The minimum atomic E-state index is -4.64. The average Bonchev–Trinajstić information content (AvgIpc) is 2.61. The van der Waals surface area contributed by atoms with Gasteiger partial charge < -0.3 is 16.4 Å². The summed E-state index contributed by atoms with van der Waals surface area (Å²) in [7, 11) is 0. The van der Waals surface area contributed by atoms with E-state index < -0.39 is 28.4 Å². The van der Waals surface area contributed by atoms with E-state index in [2.05, 4.69) is 20.6 Å². The highest BCUT2D eigenvalue weighted by Crippen LogP contribution is 2.37. The van der Waals surface area contributed by atoms with E-state index in [0.29, 0.717) is 6.07 Å². The van der Waals surface area contributed by atoms with Gasteiger partial charge in [-0.1, -0.05) is 11.6 Å². The normalized spacial score (nSPS) is 11.4. The Morgan fingerprint density at radius 2 is 1.61 bits per heavy atom. The number of nitrogens with zero attached hydrogens (tertiary/aromatic N) is 2. The molecule has 11 heteroatoms. The molecule has 0 aliphatic rings. The van der Waals surface area contributed by atoms with E-state index in [1.807, 2.05) is 0 Å². The number of hydrogen-bond acceptors (Lipinski definition) is 5. The number of anilines is 5. The van der Waals surface area contributed by atoms with Crippen LogP contribution in [0, 0.1) is 11.6 Å². The van der Waals surface area contributed by atoms with Crippen LogP contribution >= 0.6 is 11.6 Å². The van der Waals surface area contributed by atoms with Gasteiger partial charge in [0.05, 0.1) is 16.3 Å². The van der Waals surface area contributed by atoms with Gasteiger partial charge in [0.2, 0.25) is 0 Å². The van der Waals surface area contributed by atoms with Gasteiger partial charge in [0.25, 0.3) is 0 Å². The number of nitrogens with two attached hydrogens (primary N) is 1. The summed E-state index contributed by atoms with van der Waals surface area (Å²) in [4.78, 5) is 7.73. The van der Waals surface area contributed by atoms with Crippen molar-refractivity contribution in [1.82, 2.24) is 9.97 Å². The molecule has 0 spiro atoms. The molecule has 28 heavy (non-hydrogen) atoms. The molecule has 0 aliphatic heterocycles. The first-order chi connectivity index (χ1) is 13.1. The molecule has 0 radical (unpaired) electrons. The van der Waals surface area contributed by atoms with E-state index in [9.17, 15) is 22.0 Å². The molecule has 4 N–H and O–H groups in total. The Morgan fingerprint density at radius 3 is 2.25 bits per heavy atom. The molecule has 2 aromatic carbocycles. The number of benzene rings is 2. The van der Waals surface area contributed by atoms with Gasteiger partial charge in [-0.2, -0.15) is 13.2 Å². The van der Waals surface area contributed by atoms with Crippen LogP contribution in [0.4, 0.5) is 50.6 Å². The first-order valence-corrected chi connectivity index (χ1v) is 7.99. The Labute approximate surface area is 160 Å². The fraction of sp³-hybridized carbons (Fsp3) is 0.0588. The maximum atomic E-state index is 13.8. The summed E-state index contributed by atoms with van der Waals surface area (Å²) in [5.74, 6) is -1.67. The molecule has 3 aromatic rings. The van der Waals surface area contributed by atoms with Crippen molar-refractivity contribution >= 4 is 40.3 Å². The lowest BCUT2D eigenvalue weighted by Gasteiger charge is -2.15. The lowest BCUT2D eigenvalue weighted by Crippen LogP contribution is -2.08. The number of hydrogen-bond donors (Lipinski definition) is 3. The van der Waals surface area contributed by atoms with Crippen LogP contribution in [0.3, 0.4) is 0 Å². The highest BCUT2D eigenvalue weighted by molar-refractivity contribution is 6.31. The Hall–Kier alpha value is -3.14. The predicted octanol–water partition coefficient (Wildman–Crippen LogP) is 5.50. The van der Waals surface area contributed by atoms with E-state index in [4.69, 9.17) is 17.3 Å². The molecule has 0 bridgehead atoms. The van der Waals surface area contributed by atoms with E-state index >= 15 is 0 Å². The quantitative estimate of drug-likeness (QED) is 0.491. The van der Waals surface area contributed by atoms with Gasteiger partial charge in [-0.3, -0.25) is 0 Å². The largest absolute Gasteiger partial charge is 0.417 e. The van der Waals surface area contributed by atoms with Crippen molar-refractivity contribution in [1.29, 1.82) is 0 Å². The molecule has 0 fully saturated rings. The maximum Gasteiger partial charge on any atom is 0.417 e. The third kappa shape index (κ3) is 4.22. The summed E-state index contributed by atoms with van der Waals surface area (Å²) < 4.78 is 65.7. The second-order valence-corrected chi connectivity index (χ2v) is 5.96. The fourth-order valence-corrected chi connectivity index (χ4v) is 2.49. The first-order valence-electron chi connectivity index (χ1n) is 7.61. The highest BCUT2D eigenvalue weighted by atomic mass is 35.5. The zero-order valence-corrected chi connectivity index (χ0v) is 14.5. The third-order valence-corrected chi connectivity index (χ3v) is 3.93. The van der Waals surface area contributed by atoms with Gasteiger partial charge in [-0.25, -0.2) is 18.7 Å². The molecule has 0 aliphatic carbocycles. The Bertz CT molecular complexity index is 1030. The molecule has 0 saturated heterocycles. The molecule has 146 valence electrons. The lowest BCUT2D eigenvalue weighted by molar-refractivity contribution is -0.137. The molecular weight excluding hydrogens is 405 g/mol. The summed E-state index contributed by atoms with van der Waals surface area (Å²) in [5, 5.41) is 4.76. The van der Waals surface area contributed by atoms with Crippen molar-refractivity contribution in [3.8, 4) is 0 Å². The van der Waals surface area contributed by atoms with Gasteiger partial charge in [0, 0.05) is 11.8 Å². The summed E-state index contributed by atoms with van der Waals surface area (Å²) in [5.41, 5.74) is 4.74. The van der Waals surface area contributed by atoms with E-state index in [-0.39, 0.29) is 28.7 Å². The maximum absolute atomic E-state index is 13.8. The molecule has 5 nitrogen and oxygen atoms in total. The van der Waals surface area contributed by atoms with Crippen molar-refractivity contribution in [2.75, 3.05) is 16.4 Å². The number of nitrogens with one attached hydrogen (secondary N) is 2. The van der Waals surface area contributed by atoms with Crippen molar-refractivity contribution in [3.63, 3.8) is 0 Å². The van der Waals surface area contributed by atoms with Crippen molar-refractivity contribution in [2.24, 2.45) is 0 Å². The van der Waals surface area contributed by atoms with Crippen LogP contribution in [0.5, 0.6) is 0 Å². The van der Waals surface area contributed by atoms with Crippen molar-refractivity contribution < 1.29 is 22.0 Å². The topological polar surface area (TPSA) is 75.9 Å². The summed E-state index contributed by atoms with van der Waals surface area (Å²) >= 11 is 5.59. The second-order valence-electron chi connectivity index (χ2n) is 5.55. The van der Waals surface area contributed by atoms with Crippen LogP contribution in [0.15, 0.2) is 42.7 Å². The Balaban J connectivity index is 1.90. The van der Waals surface area contributed by atoms with Crippen LogP contribution in [-0.2, 0) is 6.18 Å². The van der Waals surface area contributed by atoms with Gasteiger partial charge >= 0.3 is 6.18 Å². The minimum absolute atomic E-state index is 0.0181. The van der Waals surface area contributed by atoms with Gasteiger partial charge in [0.1, 0.15) is 23.6 Å². The molecule has 0 unspecified atom stereocenters. The first kappa shape index (κ1) is 19.6. The summed E-state index contributed by atoms with van der Waals surface area (Å²) in [6.07, 6.45) is -3.57. The molecule has 0 amide bonds. The van der Waals surface area contributed by atoms with E-state index in [1.165, 1.54) is 6.07 Å². The molecule has 0 saturated carbocycles. The van der Waals surface area contributed by atoms with Crippen LogP contribution in [0.2, 0.25) is 5.02 Å². The van der Waals surface area contributed by atoms with Crippen LogP contribution in [0.1, 0.15) is 5.56 Å². The number of aromatic nitrogens is 2. The van der Waals surface area contributed by atoms with Crippen molar-refractivity contribution in [3.05, 3.63) is 64.9 Å². The molecule has 3 rings (SSSR count). The second kappa shape index (κ2) is 7.47. The standard InChI is InChI=1S/C17H11ClF5N5/c18-11-3-2-9(6-10(11)17(21,22)23)27-15-14(24)16(26-7-25-15)28-13-4-1-8(19)5-12(13)20/h1-7H,24H2,(H2,25,26,27,28). The third-order valence-electron chi connectivity index (χ3n) is 3.60. The van der Waals surface area contributed by atoms with Crippen LogP contribution in [-0.4, -0.2) is 9.97 Å². The zero-order valence-electron chi connectivity index (χ0n) is 13.8. The van der Waals surface area contributed by atoms with Gasteiger partial charge in [-0.15, -0.1) is 0 Å². The van der Waals surface area contributed by atoms with Gasteiger partial charge in [0.15, 0.2) is 11.6 Å². The SMILES string of the molecule is Nc1c(Nc2ccc(Cl)c(C(F)(F)F)c2)ncnc1Nc1ccc(F)cc1F. The van der Waals surface area contributed by atoms with E-state index in [1.54, 1.807) is 0 Å². The van der Waals surface area contributed by atoms with Crippen molar-refractivity contribution in [2.45, 2.75) is 6.18 Å². The van der Waals surface area contributed by atoms with Crippen LogP contribution < -0.4 is 16.4 Å². The van der Waals surface area contributed by atoms with E-state index in [0.717, 1.165) is 30.6 Å².